The summed E-state index contributed by atoms with van der Waals surface area (Å²) in [6, 6.07) is 9.04. The number of anilines is 1. The molecule has 4 rings (SSSR count). The fraction of sp³-hybridized carbons (Fsp3) is 0.125. The van der Waals surface area contributed by atoms with Crippen molar-refractivity contribution in [2.75, 3.05) is 5.32 Å². The number of carbonyl (C=O) groups is 1. The molecule has 0 saturated heterocycles. The van der Waals surface area contributed by atoms with Gasteiger partial charge in [0.1, 0.15) is 11.6 Å². The highest BCUT2D eigenvalue weighted by molar-refractivity contribution is 6.05. The maximum absolute atomic E-state index is 12.4. The first kappa shape index (κ1) is 13.4. The van der Waals surface area contributed by atoms with Crippen LogP contribution in [0.15, 0.2) is 36.5 Å². The SMILES string of the molecule is Cc1nc2ccc(NC(=O)c3ccn4c(C)nnc4c3)cc2[nH]1. The number of carbonyl (C=O) groups excluding carboxylic acids is 1. The van der Waals surface area contributed by atoms with Gasteiger partial charge in [0, 0.05) is 17.4 Å². The molecule has 0 fully saturated rings. The van der Waals surface area contributed by atoms with Crippen molar-refractivity contribution in [3.05, 3.63) is 53.7 Å². The second-order valence-electron chi connectivity index (χ2n) is 5.40. The number of aromatic amines is 1. The Morgan fingerprint density at radius 2 is 2.04 bits per heavy atom. The molecule has 3 heterocycles. The topological polar surface area (TPSA) is 88.0 Å². The van der Waals surface area contributed by atoms with Gasteiger partial charge in [0.05, 0.1) is 11.0 Å². The van der Waals surface area contributed by atoms with Crippen LogP contribution < -0.4 is 5.32 Å². The van der Waals surface area contributed by atoms with E-state index in [1.807, 2.05) is 36.4 Å². The lowest BCUT2D eigenvalue weighted by molar-refractivity contribution is 0.102. The summed E-state index contributed by atoms with van der Waals surface area (Å²) < 4.78 is 1.83. The molecule has 1 aromatic carbocycles. The Morgan fingerprint density at radius 1 is 1.17 bits per heavy atom. The van der Waals surface area contributed by atoms with Crippen molar-refractivity contribution in [1.29, 1.82) is 0 Å². The molecule has 0 atom stereocenters. The number of nitrogens with one attached hydrogen (secondary N) is 2. The van der Waals surface area contributed by atoms with Crippen LogP contribution >= 0.6 is 0 Å². The average Bonchev–Trinajstić information content (AvgIpc) is 3.08. The number of aryl methyl sites for hydroxylation is 2. The Hall–Kier alpha value is -3.22. The summed E-state index contributed by atoms with van der Waals surface area (Å²) in [5, 5.41) is 10.9. The minimum atomic E-state index is -0.191. The zero-order valence-corrected chi connectivity index (χ0v) is 12.7. The molecule has 23 heavy (non-hydrogen) atoms. The zero-order valence-electron chi connectivity index (χ0n) is 12.7. The Balaban J connectivity index is 1.64. The van der Waals surface area contributed by atoms with Gasteiger partial charge in [-0.1, -0.05) is 0 Å². The van der Waals surface area contributed by atoms with Crippen LogP contribution in [0.3, 0.4) is 0 Å². The van der Waals surface area contributed by atoms with E-state index in [1.54, 1.807) is 18.3 Å². The van der Waals surface area contributed by atoms with Gasteiger partial charge in [-0.2, -0.15) is 0 Å². The van der Waals surface area contributed by atoms with Crippen molar-refractivity contribution in [2.45, 2.75) is 13.8 Å². The molecule has 7 nitrogen and oxygen atoms in total. The van der Waals surface area contributed by atoms with Crippen LogP contribution in [-0.4, -0.2) is 30.5 Å². The molecule has 1 amide bonds. The van der Waals surface area contributed by atoms with Gasteiger partial charge in [0.25, 0.3) is 5.91 Å². The molecule has 0 radical (unpaired) electrons. The van der Waals surface area contributed by atoms with Crippen LogP contribution in [0.5, 0.6) is 0 Å². The quantitative estimate of drug-likeness (QED) is 0.595. The summed E-state index contributed by atoms with van der Waals surface area (Å²) in [4.78, 5) is 19.9. The first-order chi connectivity index (χ1) is 11.1. The van der Waals surface area contributed by atoms with Gasteiger partial charge in [-0.3, -0.25) is 9.20 Å². The number of benzene rings is 1. The maximum Gasteiger partial charge on any atom is 0.255 e. The number of hydrogen-bond acceptors (Lipinski definition) is 4. The van der Waals surface area contributed by atoms with E-state index in [0.717, 1.165) is 22.7 Å². The summed E-state index contributed by atoms with van der Waals surface area (Å²) in [5.41, 5.74) is 3.66. The van der Waals surface area contributed by atoms with Crippen molar-refractivity contribution < 1.29 is 4.79 Å². The number of nitrogens with zero attached hydrogens (tertiary/aromatic N) is 4. The summed E-state index contributed by atoms with van der Waals surface area (Å²) >= 11 is 0. The monoisotopic (exact) mass is 306 g/mol. The van der Waals surface area contributed by atoms with E-state index in [-0.39, 0.29) is 5.91 Å². The molecule has 114 valence electrons. The van der Waals surface area contributed by atoms with Crippen LogP contribution in [0.25, 0.3) is 16.7 Å². The lowest BCUT2D eigenvalue weighted by Crippen LogP contribution is -2.12. The van der Waals surface area contributed by atoms with Gasteiger partial charge in [0.2, 0.25) is 0 Å². The predicted molar refractivity (Wildman–Crippen MR) is 86.5 cm³/mol. The highest BCUT2D eigenvalue weighted by Crippen LogP contribution is 2.18. The standard InChI is InChI=1S/C16H14N6O/c1-9-17-13-4-3-12(8-14(13)18-9)19-16(23)11-5-6-22-10(2)20-21-15(22)7-11/h3-8H,1-2H3,(H,17,18)(H,19,23). The van der Waals surface area contributed by atoms with Crippen molar-refractivity contribution in [1.82, 2.24) is 24.6 Å². The average molecular weight is 306 g/mol. The van der Waals surface area contributed by atoms with E-state index < -0.39 is 0 Å². The van der Waals surface area contributed by atoms with Gasteiger partial charge >= 0.3 is 0 Å². The van der Waals surface area contributed by atoms with Gasteiger partial charge in [-0.15, -0.1) is 10.2 Å². The lowest BCUT2D eigenvalue weighted by Gasteiger charge is -2.05. The van der Waals surface area contributed by atoms with Gasteiger partial charge < -0.3 is 10.3 Å². The molecule has 3 aromatic heterocycles. The number of hydrogen-bond donors (Lipinski definition) is 2. The molecular weight excluding hydrogens is 292 g/mol. The second-order valence-corrected chi connectivity index (χ2v) is 5.40. The number of amides is 1. The van der Waals surface area contributed by atoms with Crippen molar-refractivity contribution in [2.24, 2.45) is 0 Å². The van der Waals surface area contributed by atoms with E-state index in [9.17, 15) is 4.79 Å². The Kier molecular flexibility index (Phi) is 2.87. The highest BCUT2D eigenvalue weighted by Gasteiger charge is 2.10. The van der Waals surface area contributed by atoms with Crippen molar-refractivity contribution >= 4 is 28.3 Å². The fourth-order valence-electron chi connectivity index (χ4n) is 2.57. The Bertz CT molecular complexity index is 1050. The third-order valence-corrected chi connectivity index (χ3v) is 3.70. The number of imidazole rings is 1. The van der Waals surface area contributed by atoms with E-state index in [2.05, 4.69) is 25.5 Å². The number of pyridine rings is 1. The first-order valence-corrected chi connectivity index (χ1v) is 7.19. The number of rotatable bonds is 2. The normalized spacial score (nSPS) is 11.2. The maximum atomic E-state index is 12.4. The summed E-state index contributed by atoms with van der Waals surface area (Å²) in [5.74, 6) is 1.44. The lowest BCUT2D eigenvalue weighted by atomic mass is 10.2. The molecule has 0 aliphatic carbocycles. The van der Waals surface area contributed by atoms with Crippen molar-refractivity contribution in [3.8, 4) is 0 Å². The first-order valence-electron chi connectivity index (χ1n) is 7.19. The molecule has 0 bridgehead atoms. The fourth-order valence-corrected chi connectivity index (χ4v) is 2.57. The molecule has 7 heteroatoms. The smallest absolute Gasteiger partial charge is 0.255 e. The van der Waals surface area contributed by atoms with Crippen LogP contribution in [0.2, 0.25) is 0 Å². The molecule has 0 aliphatic rings. The van der Waals surface area contributed by atoms with Gasteiger partial charge in [-0.05, 0) is 44.2 Å². The van der Waals surface area contributed by atoms with E-state index in [1.165, 1.54) is 0 Å². The summed E-state index contributed by atoms with van der Waals surface area (Å²) in [7, 11) is 0. The van der Waals surface area contributed by atoms with Crippen LogP contribution in [-0.2, 0) is 0 Å². The van der Waals surface area contributed by atoms with Crippen LogP contribution in [0.1, 0.15) is 22.0 Å². The van der Waals surface area contributed by atoms with E-state index in [4.69, 9.17) is 0 Å². The second kappa shape index (κ2) is 4.91. The van der Waals surface area contributed by atoms with E-state index >= 15 is 0 Å². The minimum Gasteiger partial charge on any atom is -0.342 e. The van der Waals surface area contributed by atoms with Gasteiger partial charge in [0.15, 0.2) is 5.65 Å². The number of fused-ring (bicyclic) bond motifs is 2. The third kappa shape index (κ3) is 2.32. The Morgan fingerprint density at radius 3 is 2.91 bits per heavy atom. The van der Waals surface area contributed by atoms with E-state index in [0.29, 0.717) is 16.9 Å². The number of H-pyrrole nitrogens is 1. The number of aromatic nitrogens is 5. The molecule has 2 N–H and O–H groups in total. The molecule has 4 aromatic rings. The highest BCUT2D eigenvalue weighted by atomic mass is 16.1. The molecule has 0 saturated carbocycles. The molecular formula is C16H14N6O. The molecule has 0 aliphatic heterocycles. The molecule has 0 spiro atoms. The van der Waals surface area contributed by atoms with Crippen LogP contribution in [0.4, 0.5) is 5.69 Å². The van der Waals surface area contributed by atoms with Gasteiger partial charge in [-0.25, -0.2) is 4.98 Å². The summed E-state index contributed by atoms with van der Waals surface area (Å²) in [6.07, 6.45) is 1.79. The predicted octanol–water partition coefficient (Wildman–Crippen LogP) is 2.47. The largest absolute Gasteiger partial charge is 0.342 e. The van der Waals surface area contributed by atoms with Crippen LogP contribution in [0, 0.1) is 13.8 Å². The summed E-state index contributed by atoms with van der Waals surface area (Å²) in [6.45, 7) is 3.76. The Labute approximate surface area is 131 Å². The third-order valence-electron chi connectivity index (χ3n) is 3.70. The molecule has 0 unspecified atom stereocenters. The zero-order chi connectivity index (χ0) is 16.0. The van der Waals surface area contributed by atoms with Crippen molar-refractivity contribution in [3.63, 3.8) is 0 Å². The minimum absolute atomic E-state index is 0.191.